The Morgan fingerprint density at radius 2 is 1.25 bits per heavy atom. The summed E-state index contributed by atoms with van der Waals surface area (Å²) < 4.78 is 42.2. The quantitative estimate of drug-likeness (QED) is 0.419. The third-order valence-corrected chi connectivity index (χ3v) is 5.64. The van der Waals surface area contributed by atoms with E-state index in [1.54, 1.807) is 0 Å². The van der Waals surface area contributed by atoms with Crippen molar-refractivity contribution in [3.63, 3.8) is 0 Å². The predicted molar refractivity (Wildman–Crippen MR) is 37.9 cm³/mol. The van der Waals surface area contributed by atoms with Crippen LogP contribution >= 0.6 is 41.9 Å². The van der Waals surface area contributed by atoms with Crippen LogP contribution < -0.4 is 0 Å². The molecule has 0 spiro atoms. The first kappa shape index (κ1) is 8.85. The van der Waals surface area contributed by atoms with Crippen molar-refractivity contribution in [1.29, 1.82) is 0 Å². The first-order valence-electron chi connectivity index (χ1n) is 1.15. The van der Waals surface area contributed by atoms with Gasteiger partial charge in [-0.3, -0.25) is 0 Å². The van der Waals surface area contributed by atoms with Crippen LogP contribution in [0.15, 0.2) is 0 Å². The molecule has 8 heavy (non-hydrogen) atoms. The maximum absolute atomic E-state index is 11.0. The van der Waals surface area contributed by atoms with Crippen LogP contribution in [0.1, 0.15) is 0 Å². The van der Waals surface area contributed by atoms with Crippen LogP contribution in [0.2, 0.25) is 0 Å². The van der Waals surface area contributed by atoms with Gasteiger partial charge in [0.1, 0.15) is 0 Å². The molecule has 0 rings (SSSR count). The van der Waals surface area contributed by atoms with Crippen molar-refractivity contribution in [2.45, 2.75) is 0 Å². The van der Waals surface area contributed by atoms with Crippen LogP contribution in [0.5, 0.6) is 0 Å². The van der Waals surface area contributed by atoms with Crippen molar-refractivity contribution < 1.29 is 16.2 Å². The monoisotopic (exact) mass is 358 g/mol. The zero-order valence-corrected chi connectivity index (χ0v) is 7.49. The molecular formula is CF4I2O. The molecule has 0 aliphatic heterocycles. The normalized spacial score (nSPS) is 13.0. The van der Waals surface area contributed by atoms with Gasteiger partial charge in [-0.15, -0.1) is 0 Å². The number of hydrogen-bond donors (Lipinski definition) is 0. The molecular weight excluding hydrogens is 358 g/mol. The second kappa shape index (κ2) is 3.80. The van der Waals surface area contributed by atoms with Crippen molar-refractivity contribution in [2.24, 2.45) is 0 Å². The van der Waals surface area contributed by atoms with Crippen LogP contribution in [-0.4, -0.2) is 1.80 Å². The van der Waals surface area contributed by atoms with E-state index in [0.717, 1.165) is 0 Å². The van der Waals surface area contributed by atoms with Gasteiger partial charge in [-0.2, -0.15) is 0 Å². The van der Waals surface area contributed by atoms with E-state index in [-0.39, 0.29) is 0 Å². The Balaban J connectivity index is 3.65. The van der Waals surface area contributed by atoms with Gasteiger partial charge < -0.3 is 0 Å². The molecule has 0 heterocycles. The summed E-state index contributed by atoms with van der Waals surface area (Å²) in [5.74, 6) is 0. The van der Waals surface area contributed by atoms with Gasteiger partial charge in [0.15, 0.2) is 0 Å². The molecule has 0 aromatic heterocycles. The van der Waals surface area contributed by atoms with E-state index in [4.69, 9.17) is 0 Å². The topological polar surface area (TPSA) is 17.1 Å². The summed E-state index contributed by atoms with van der Waals surface area (Å²) in [5, 5.41) is 0. The minimum atomic E-state index is -4.79. The van der Waals surface area contributed by atoms with E-state index in [1.165, 1.54) is 0 Å². The van der Waals surface area contributed by atoms with Crippen molar-refractivity contribution in [3.8, 4) is 0 Å². The maximum atomic E-state index is 11.0. The molecule has 0 atom stereocenters. The second-order valence-corrected chi connectivity index (χ2v) is 6.89. The van der Waals surface area contributed by atoms with Crippen LogP contribution in [0, 0.1) is 0 Å². The zero-order valence-electron chi connectivity index (χ0n) is 3.18. The Kier molecular flexibility index (Phi) is 4.20. The van der Waals surface area contributed by atoms with E-state index < -0.39 is 43.7 Å². The average Bonchev–Trinajstić information content (AvgIpc) is 1.64. The fraction of sp³-hybridized carbons (Fsp3) is 0. The van der Waals surface area contributed by atoms with Crippen LogP contribution in [0.3, 0.4) is 0 Å². The summed E-state index contributed by atoms with van der Waals surface area (Å²) in [5.41, 5.74) is 0. The Hall–Kier alpha value is 0.850. The molecule has 0 aliphatic rings. The van der Waals surface area contributed by atoms with E-state index in [9.17, 15) is 16.2 Å². The van der Waals surface area contributed by atoms with Gasteiger partial charge in [-0.1, -0.05) is 0 Å². The molecule has 0 fully saturated rings. The van der Waals surface area contributed by atoms with Gasteiger partial charge in [0, 0.05) is 0 Å². The molecule has 52 valence electrons. The summed E-state index contributed by atoms with van der Waals surface area (Å²) >= 11 is -9.58. The summed E-state index contributed by atoms with van der Waals surface area (Å²) in [4.78, 5) is 9.48. The Labute approximate surface area is 59.7 Å². The molecule has 1 nitrogen and oxygen atoms in total. The number of rotatable bonds is 2. The standard InChI is InChI=1S/CF4I2O/c2-6(3)1(8)7(4)5. The predicted octanol–water partition coefficient (Wildman–Crippen LogP) is 3.66. The number of hydrogen-bond acceptors (Lipinski definition) is 1. The summed E-state index contributed by atoms with van der Waals surface area (Å²) in [6.07, 6.45) is 0. The fourth-order valence-electron chi connectivity index (χ4n) is 0.0408. The van der Waals surface area contributed by atoms with E-state index in [2.05, 4.69) is 0 Å². The van der Waals surface area contributed by atoms with E-state index in [1.807, 2.05) is 0 Å². The summed E-state index contributed by atoms with van der Waals surface area (Å²) in [6.45, 7) is 0. The molecule has 0 N–H and O–H groups in total. The zero-order chi connectivity index (χ0) is 6.73. The molecule has 0 saturated heterocycles. The first-order valence-corrected chi connectivity index (χ1v) is 6.57. The molecule has 0 radical (unpaired) electrons. The van der Waals surface area contributed by atoms with Gasteiger partial charge in [-0.25, -0.2) is 0 Å². The third kappa shape index (κ3) is 2.99. The van der Waals surface area contributed by atoms with Gasteiger partial charge in [0.05, 0.1) is 0 Å². The summed E-state index contributed by atoms with van der Waals surface area (Å²) in [7, 11) is 0. The fourth-order valence-corrected chi connectivity index (χ4v) is 1.84. The second-order valence-electron chi connectivity index (χ2n) is 0.619. The minimum absolute atomic E-state index is 2.00. The molecule has 0 aromatic rings. The van der Waals surface area contributed by atoms with E-state index in [0.29, 0.717) is 0 Å². The molecule has 0 aromatic carbocycles. The first-order chi connectivity index (χ1) is 3.55. The molecule has 0 saturated carbocycles. The summed E-state index contributed by atoms with van der Waals surface area (Å²) in [6, 6.07) is 0. The van der Waals surface area contributed by atoms with Gasteiger partial charge >= 0.3 is 60.0 Å². The van der Waals surface area contributed by atoms with Crippen molar-refractivity contribution >= 4 is 43.7 Å². The average molecular weight is 358 g/mol. The molecule has 0 aliphatic carbocycles. The SMILES string of the molecule is O=C(I(F)F)I(F)F. The molecule has 0 unspecified atom stereocenters. The van der Waals surface area contributed by atoms with E-state index >= 15 is 0 Å². The van der Waals surface area contributed by atoms with Crippen LogP contribution in [-0.2, 0) is 0 Å². The molecule has 7 heteroatoms. The molecule has 0 amide bonds. The van der Waals surface area contributed by atoms with Crippen molar-refractivity contribution in [1.82, 2.24) is 0 Å². The number of carbonyl (C=O) groups is 1. The van der Waals surface area contributed by atoms with Crippen molar-refractivity contribution in [3.05, 3.63) is 0 Å². The number of carbonyl (C=O) groups excluding carboxylic acids is 1. The van der Waals surface area contributed by atoms with Crippen LogP contribution in [0.4, 0.5) is 16.2 Å². The van der Waals surface area contributed by atoms with Gasteiger partial charge in [0.25, 0.3) is 0 Å². The van der Waals surface area contributed by atoms with Crippen molar-refractivity contribution in [2.75, 3.05) is 0 Å². The number of halogens is 6. The van der Waals surface area contributed by atoms with Crippen LogP contribution in [0.25, 0.3) is 0 Å². The third-order valence-electron chi connectivity index (χ3n) is 0.225. The van der Waals surface area contributed by atoms with Gasteiger partial charge in [-0.05, 0) is 0 Å². The Morgan fingerprint density at radius 1 is 1.00 bits per heavy atom. The van der Waals surface area contributed by atoms with Gasteiger partial charge in [0.2, 0.25) is 0 Å². The Morgan fingerprint density at radius 3 is 1.25 bits per heavy atom. The Bertz CT molecular complexity index is 82.0. The molecule has 0 bridgehead atoms.